The van der Waals surface area contributed by atoms with Crippen LogP contribution >= 0.6 is 0 Å². The summed E-state index contributed by atoms with van der Waals surface area (Å²) in [6, 6.07) is 9.43. The second-order valence-corrected chi connectivity index (χ2v) is 6.44. The van der Waals surface area contributed by atoms with Crippen LogP contribution < -0.4 is 20.1 Å². The van der Waals surface area contributed by atoms with Gasteiger partial charge in [0, 0.05) is 12.4 Å². The fraction of sp³-hybridized carbons (Fsp3) is 0.444. The Hall–Kier alpha value is -2.54. The van der Waals surface area contributed by atoms with Crippen molar-refractivity contribution >= 4 is 5.91 Å². The SMILES string of the molecule is O=C(NCC1COc2ccccc2O1)C1(n2cccn2)CCNCC1. The van der Waals surface area contributed by atoms with Crippen molar-refractivity contribution < 1.29 is 14.3 Å². The standard InChI is InChI=1S/C18H22N4O3/c23-17(18(6-9-19-10-7-18)22-11-3-8-21-22)20-12-14-13-24-15-4-1-2-5-16(15)25-14/h1-5,8,11,14,19H,6-7,9-10,12-13H2,(H,20,23). The largest absolute Gasteiger partial charge is 0.486 e. The van der Waals surface area contributed by atoms with Crippen molar-refractivity contribution in [1.82, 2.24) is 20.4 Å². The van der Waals surface area contributed by atoms with Gasteiger partial charge in [-0.3, -0.25) is 9.48 Å². The number of amides is 1. The predicted octanol–water partition coefficient (Wildman–Crippen LogP) is 0.918. The summed E-state index contributed by atoms with van der Waals surface area (Å²) in [5, 5.41) is 10.7. The number of aromatic nitrogens is 2. The highest BCUT2D eigenvalue weighted by Crippen LogP contribution is 2.31. The molecule has 2 aromatic rings. The average Bonchev–Trinajstić information content (AvgIpc) is 3.22. The summed E-state index contributed by atoms with van der Waals surface area (Å²) in [6.07, 6.45) is 4.81. The number of hydrogen-bond donors (Lipinski definition) is 2. The highest BCUT2D eigenvalue weighted by atomic mass is 16.6. The first-order valence-electron chi connectivity index (χ1n) is 8.66. The molecule has 7 heteroatoms. The summed E-state index contributed by atoms with van der Waals surface area (Å²) in [6.45, 7) is 2.42. The number of carbonyl (C=O) groups is 1. The topological polar surface area (TPSA) is 77.4 Å². The van der Waals surface area contributed by atoms with Crippen LogP contribution in [-0.2, 0) is 10.3 Å². The number of ether oxygens (including phenoxy) is 2. The van der Waals surface area contributed by atoms with E-state index in [-0.39, 0.29) is 12.0 Å². The van der Waals surface area contributed by atoms with Gasteiger partial charge in [0.1, 0.15) is 18.2 Å². The van der Waals surface area contributed by atoms with Crippen molar-refractivity contribution in [2.75, 3.05) is 26.2 Å². The lowest BCUT2D eigenvalue weighted by Gasteiger charge is -2.37. The highest BCUT2D eigenvalue weighted by molar-refractivity contribution is 5.84. The van der Waals surface area contributed by atoms with Crippen molar-refractivity contribution in [3.05, 3.63) is 42.7 Å². The Kier molecular flexibility index (Phi) is 4.31. The number of hydrogen-bond acceptors (Lipinski definition) is 5. The smallest absolute Gasteiger partial charge is 0.248 e. The molecule has 1 saturated heterocycles. The molecular formula is C18H22N4O3. The number of carbonyl (C=O) groups excluding carboxylic acids is 1. The van der Waals surface area contributed by atoms with Crippen LogP contribution in [-0.4, -0.2) is 48.0 Å². The number of rotatable bonds is 4. The van der Waals surface area contributed by atoms with Gasteiger partial charge in [-0.05, 0) is 44.1 Å². The first kappa shape index (κ1) is 16.0. The minimum atomic E-state index is -0.637. The lowest BCUT2D eigenvalue weighted by Crippen LogP contribution is -2.56. The Morgan fingerprint density at radius 1 is 1.28 bits per heavy atom. The minimum absolute atomic E-state index is 0.0137. The normalized spacial score (nSPS) is 21.5. The molecule has 0 spiro atoms. The number of piperidine rings is 1. The van der Waals surface area contributed by atoms with Gasteiger partial charge in [0.25, 0.3) is 0 Å². The Bertz CT molecular complexity index is 726. The van der Waals surface area contributed by atoms with Gasteiger partial charge in [-0.25, -0.2) is 0 Å². The molecule has 1 aromatic carbocycles. The van der Waals surface area contributed by atoms with E-state index in [1.807, 2.05) is 36.5 Å². The maximum absolute atomic E-state index is 13.0. The third kappa shape index (κ3) is 3.07. The summed E-state index contributed by atoms with van der Waals surface area (Å²) in [5.41, 5.74) is -0.637. The Morgan fingerprint density at radius 3 is 2.84 bits per heavy atom. The van der Waals surface area contributed by atoms with Crippen LogP contribution in [0.1, 0.15) is 12.8 Å². The van der Waals surface area contributed by atoms with Crippen LogP contribution in [0.25, 0.3) is 0 Å². The van der Waals surface area contributed by atoms with E-state index < -0.39 is 5.54 Å². The second kappa shape index (κ2) is 6.76. The van der Waals surface area contributed by atoms with Gasteiger partial charge >= 0.3 is 0 Å². The van der Waals surface area contributed by atoms with Crippen molar-refractivity contribution in [3.63, 3.8) is 0 Å². The first-order valence-corrected chi connectivity index (χ1v) is 8.66. The number of nitrogens with one attached hydrogen (secondary N) is 2. The molecule has 0 bridgehead atoms. The molecule has 4 rings (SSSR count). The Morgan fingerprint density at radius 2 is 2.08 bits per heavy atom. The van der Waals surface area contributed by atoms with Crippen molar-refractivity contribution in [3.8, 4) is 11.5 Å². The van der Waals surface area contributed by atoms with Crippen LogP contribution in [0, 0.1) is 0 Å². The monoisotopic (exact) mass is 342 g/mol. The van der Waals surface area contributed by atoms with Crippen LogP contribution in [0.3, 0.4) is 0 Å². The molecule has 0 saturated carbocycles. The van der Waals surface area contributed by atoms with Crippen LogP contribution in [0.4, 0.5) is 0 Å². The van der Waals surface area contributed by atoms with Crippen LogP contribution in [0.2, 0.25) is 0 Å². The summed E-state index contributed by atoms with van der Waals surface area (Å²) >= 11 is 0. The molecule has 3 heterocycles. The lowest BCUT2D eigenvalue weighted by atomic mass is 9.87. The van der Waals surface area contributed by atoms with Gasteiger partial charge in [-0.2, -0.15) is 5.10 Å². The average molecular weight is 342 g/mol. The van der Waals surface area contributed by atoms with E-state index in [9.17, 15) is 4.79 Å². The molecule has 1 fully saturated rings. The van der Waals surface area contributed by atoms with E-state index in [1.165, 1.54) is 0 Å². The van der Waals surface area contributed by atoms with Gasteiger partial charge < -0.3 is 20.1 Å². The van der Waals surface area contributed by atoms with E-state index in [1.54, 1.807) is 10.9 Å². The molecule has 132 valence electrons. The molecule has 2 aliphatic heterocycles. The molecule has 7 nitrogen and oxygen atoms in total. The molecule has 1 unspecified atom stereocenters. The third-order valence-corrected chi connectivity index (χ3v) is 4.85. The zero-order valence-corrected chi connectivity index (χ0v) is 14.0. The lowest BCUT2D eigenvalue weighted by molar-refractivity contribution is -0.132. The fourth-order valence-corrected chi connectivity index (χ4v) is 3.46. The van der Waals surface area contributed by atoms with E-state index in [2.05, 4.69) is 15.7 Å². The number of para-hydroxylation sites is 2. The second-order valence-electron chi connectivity index (χ2n) is 6.44. The van der Waals surface area contributed by atoms with Gasteiger partial charge in [0.2, 0.25) is 5.91 Å². The van der Waals surface area contributed by atoms with Gasteiger partial charge in [0.15, 0.2) is 11.5 Å². The van der Waals surface area contributed by atoms with Crippen LogP contribution in [0.5, 0.6) is 11.5 Å². The Balaban J connectivity index is 1.43. The van der Waals surface area contributed by atoms with Crippen LogP contribution in [0.15, 0.2) is 42.7 Å². The molecule has 2 aliphatic rings. The van der Waals surface area contributed by atoms with Crippen molar-refractivity contribution in [1.29, 1.82) is 0 Å². The molecule has 0 aliphatic carbocycles. The summed E-state index contributed by atoms with van der Waals surface area (Å²) in [7, 11) is 0. The highest BCUT2D eigenvalue weighted by Gasteiger charge is 2.42. The van der Waals surface area contributed by atoms with Gasteiger partial charge in [-0.1, -0.05) is 12.1 Å². The maximum atomic E-state index is 13.0. The first-order chi connectivity index (χ1) is 12.3. The summed E-state index contributed by atoms with van der Waals surface area (Å²) in [4.78, 5) is 13.0. The molecule has 1 amide bonds. The molecule has 25 heavy (non-hydrogen) atoms. The quantitative estimate of drug-likeness (QED) is 0.864. The molecule has 0 radical (unpaired) electrons. The van der Waals surface area contributed by atoms with Gasteiger partial charge in [0.05, 0.1) is 6.54 Å². The van der Waals surface area contributed by atoms with E-state index in [0.717, 1.165) is 24.6 Å². The molecule has 1 atom stereocenters. The zero-order valence-electron chi connectivity index (χ0n) is 14.0. The molecule has 1 aromatic heterocycles. The summed E-state index contributed by atoms with van der Waals surface area (Å²) in [5.74, 6) is 1.45. The van der Waals surface area contributed by atoms with E-state index in [0.29, 0.717) is 26.0 Å². The third-order valence-electron chi connectivity index (χ3n) is 4.85. The number of benzene rings is 1. The Labute approximate surface area is 146 Å². The molecule has 2 N–H and O–H groups in total. The summed E-state index contributed by atoms with van der Waals surface area (Å²) < 4.78 is 13.4. The minimum Gasteiger partial charge on any atom is -0.486 e. The van der Waals surface area contributed by atoms with E-state index >= 15 is 0 Å². The predicted molar refractivity (Wildman–Crippen MR) is 91.7 cm³/mol. The zero-order chi connectivity index (χ0) is 17.1. The fourth-order valence-electron chi connectivity index (χ4n) is 3.46. The van der Waals surface area contributed by atoms with Crippen molar-refractivity contribution in [2.24, 2.45) is 0 Å². The van der Waals surface area contributed by atoms with Crippen molar-refractivity contribution in [2.45, 2.75) is 24.5 Å². The van der Waals surface area contributed by atoms with E-state index in [4.69, 9.17) is 9.47 Å². The maximum Gasteiger partial charge on any atom is 0.248 e. The number of nitrogens with zero attached hydrogens (tertiary/aromatic N) is 2. The number of fused-ring (bicyclic) bond motifs is 1. The molecular weight excluding hydrogens is 320 g/mol. The van der Waals surface area contributed by atoms with Gasteiger partial charge in [-0.15, -0.1) is 0 Å².